The second-order valence-electron chi connectivity index (χ2n) is 4.96. The number of nitrogens with one attached hydrogen (secondary N) is 1. The van der Waals surface area contributed by atoms with E-state index in [0.717, 1.165) is 5.56 Å². The molecule has 0 unspecified atom stereocenters. The van der Waals surface area contributed by atoms with Crippen LogP contribution in [-0.4, -0.2) is 25.5 Å². The van der Waals surface area contributed by atoms with Gasteiger partial charge in [0.2, 0.25) is 5.91 Å². The Kier molecular flexibility index (Phi) is 4.64. The van der Waals surface area contributed by atoms with Gasteiger partial charge in [-0.3, -0.25) is 14.2 Å². The molecular weight excluding hydrogens is 337 g/mol. The lowest BCUT2D eigenvalue weighted by Gasteiger charge is -2.03. The van der Waals surface area contributed by atoms with Crippen molar-refractivity contribution < 1.29 is 4.79 Å². The molecule has 23 heavy (non-hydrogen) atoms. The molecule has 3 rings (SSSR count). The molecule has 6 nitrogen and oxygen atoms in total. The average molecular weight is 350 g/mol. The number of halogens is 2. The quantitative estimate of drug-likeness (QED) is 0.769. The van der Waals surface area contributed by atoms with Crippen LogP contribution in [0.4, 0.5) is 5.69 Å². The fraction of sp³-hybridized carbons (Fsp3) is 0.133. The first-order chi connectivity index (χ1) is 11.1. The highest BCUT2D eigenvalue weighted by Gasteiger charge is 2.07. The smallest absolute Gasteiger partial charge is 0.246 e. The monoisotopic (exact) mass is 349 g/mol. The minimum atomic E-state index is -0.198. The minimum absolute atomic E-state index is 0.0923. The maximum atomic E-state index is 11.9. The van der Waals surface area contributed by atoms with Crippen molar-refractivity contribution in [2.75, 3.05) is 5.32 Å². The number of anilines is 1. The number of aromatic nitrogens is 4. The van der Waals surface area contributed by atoms with Gasteiger partial charge in [-0.15, -0.1) is 0 Å². The minimum Gasteiger partial charge on any atom is -0.322 e. The molecule has 0 fully saturated rings. The molecule has 0 saturated carbocycles. The van der Waals surface area contributed by atoms with Crippen LogP contribution in [0, 0.1) is 0 Å². The summed E-state index contributed by atoms with van der Waals surface area (Å²) in [4.78, 5) is 11.9. The summed E-state index contributed by atoms with van der Waals surface area (Å²) in [6.07, 6.45) is 6.44. The van der Waals surface area contributed by atoms with Crippen molar-refractivity contribution in [3.05, 3.63) is 64.7 Å². The fourth-order valence-electron chi connectivity index (χ4n) is 2.06. The van der Waals surface area contributed by atoms with E-state index in [0.29, 0.717) is 22.3 Å². The summed E-state index contributed by atoms with van der Waals surface area (Å²) in [5.41, 5.74) is 1.70. The van der Waals surface area contributed by atoms with Gasteiger partial charge in [-0.25, -0.2) is 0 Å². The molecule has 0 bridgehead atoms. The van der Waals surface area contributed by atoms with Crippen LogP contribution in [0.1, 0.15) is 5.56 Å². The second kappa shape index (κ2) is 6.85. The lowest BCUT2D eigenvalue weighted by molar-refractivity contribution is -0.116. The molecule has 8 heteroatoms. The maximum absolute atomic E-state index is 11.9. The van der Waals surface area contributed by atoms with Crippen LogP contribution in [0.5, 0.6) is 0 Å². The van der Waals surface area contributed by atoms with Crippen LogP contribution >= 0.6 is 23.2 Å². The van der Waals surface area contributed by atoms with E-state index in [9.17, 15) is 4.79 Å². The van der Waals surface area contributed by atoms with Gasteiger partial charge in [0.05, 0.1) is 29.6 Å². The molecule has 0 atom stereocenters. The predicted molar refractivity (Wildman–Crippen MR) is 88.6 cm³/mol. The highest BCUT2D eigenvalue weighted by Crippen LogP contribution is 2.12. The Morgan fingerprint density at radius 2 is 1.74 bits per heavy atom. The van der Waals surface area contributed by atoms with Crippen molar-refractivity contribution in [2.24, 2.45) is 0 Å². The topological polar surface area (TPSA) is 64.7 Å². The van der Waals surface area contributed by atoms with Gasteiger partial charge in [0, 0.05) is 17.4 Å². The van der Waals surface area contributed by atoms with Crippen molar-refractivity contribution in [1.82, 2.24) is 19.6 Å². The molecule has 0 aliphatic heterocycles. The standard InChI is InChI=1S/C15H13Cl2N5O/c16-12-3-1-11(2-4-12)7-21-9-14(6-19-21)20-15(23)10-22-8-13(17)5-18-22/h1-6,8-9H,7,10H2,(H,20,23). The zero-order chi connectivity index (χ0) is 16.2. The van der Waals surface area contributed by atoms with Gasteiger partial charge in [-0.05, 0) is 17.7 Å². The number of carbonyl (C=O) groups is 1. The summed E-state index contributed by atoms with van der Waals surface area (Å²) in [6, 6.07) is 7.53. The number of hydrogen-bond acceptors (Lipinski definition) is 3. The largest absolute Gasteiger partial charge is 0.322 e. The second-order valence-corrected chi connectivity index (χ2v) is 5.83. The number of hydrogen-bond donors (Lipinski definition) is 1. The van der Waals surface area contributed by atoms with Crippen LogP contribution in [0.3, 0.4) is 0 Å². The zero-order valence-electron chi connectivity index (χ0n) is 12.0. The van der Waals surface area contributed by atoms with Gasteiger partial charge in [-0.1, -0.05) is 35.3 Å². The Labute approximate surface area is 142 Å². The molecule has 118 valence electrons. The Balaban J connectivity index is 1.58. The number of nitrogens with zero attached hydrogens (tertiary/aromatic N) is 4. The normalized spacial score (nSPS) is 10.7. The van der Waals surface area contributed by atoms with E-state index in [4.69, 9.17) is 23.2 Å². The van der Waals surface area contributed by atoms with E-state index in [2.05, 4.69) is 15.5 Å². The van der Waals surface area contributed by atoms with Crippen LogP contribution in [0.15, 0.2) is 49.1 Å². The Morgan fingerprint density at radius 3 is 2.43 bits per heavy atom. The molecule has 1 amide bonds. The van der Waals surface area contributed by atoms with E-state index < -0.39 is 0 Å². The van der Waals surface area contributed by atoms with Crippen LogP contribution in [0.25, 0.3) is 0 Å². The molecule has 2 aromatic heterocycles. The summed E-state index contributed by atoms with van der Waals surface area (Å²) < 4.78 is 3.21. The maximum Gasteiger partial charge on any atom is 0.246 e. The lowest BCUT2D eigenvalue weighted by atomic mass is 10.2. The Morgan fingerprint density at radius 1 is 1.00 bits per heavy atom. The van der Waals surface area contributed by atoms with Crippen molar-refractivity contribution in [1.29, 1.82) is 0 Å². The molecule has 1 aromatic carbocycles. The summed E-state index contributed by atoms with van der Waals surface area (Å²) in [7, 11) is 0. The van der Waals surface area contributed by atoms with Gasteiger partial charge in [-0.2, -0.15) is 10.2 Å². The van der Waals surface area contributed by atoms with E-state index in [1.54, 1.807) is 23.3 Å². The molecule has 0 aliphatic carbocycles. The van der Waals surface area contributed by atoms with Crippen LogP contribution in [0.2, 0.25) is 10.0 Å². The first-order valence-corrected chi connectivity index (χ1v) is 7.59. The first-order valence-electron chi connectivity index (χ1n) is 6.83. The fourth-order valence-corrected chi connectivity index (χ4v) is 2.35. The molecule has 0 radical (unpaired) electrons. The third kappa shape index (κ3) is 4.34. The van der Waals surface area contributed by atoms with E-state index in [-0.39, 0.29) is 12.5 Å². The van der Waals surface area contributed by atoms with Gasteiger partial charge >= 0.3 is 0 Å². The highest BCUT2D eigenvalue weighted by atomic mass is 35.5. The highest BCUT2D eigenvalue weighted by molar-refractivity contribution is 6.30. The zero-order valence-corrected chi connectivity index (χ0v) is 13.5. The number of benzene rings is 1. The molecular formula is C15H13Cl2N5O. The lowest BCUT2D eigenvalue weighted by Crippen LogP contribution is -2.18. The third-order valence-corrected chi connectivity index (χ3v) is 3.53. The van der Waals surface area contributed by atoms with Crippen LogP contribution in [-0.2, 0) is 17.9 Å². The van der Waals surface area contributed by atoms with Crippen molar-refractivity contribution >= 4 is 34.8 Å². The molecule has 1 N–H and O–H groups in total. The Bertz CT molecular complexity index is 809. The molecule has 2 heterocycles. The average Bonchev–Trinajstić information content (AvgIpc) is 3.11. The van der Waals surface area contributed by atoms with Crippen LogP contribution < -0.4 is 5.32 Å². The molecule has 3 aromatic rings. The molecule has 0 saturated heterocycles. The SMILES string of the molecule is O=C(Cn1cc(Cl)cn1)Nc1cnn(Cc2ccc(Cl)cc2)c1. The predicted octanol–water partition coefficient (Wildman–Crippen LogP) is 3.07. The summed E-state index contributed by atoms with van der Waals surface area (Å²) in [5.74, 6) is -0.198. The Hall–Kier alpha value is -2.31. The molecule has 0 aliphatic rings. The van der Waals surface area contributed by atoms with Gasteiger partial charge in [0.1, 0.15) is 6.54 Å². The van der Waals surface area contributed by atoms with Crippen molar-refractivity contribution in [3.8, 4) is 0 Å². The first kappa shape index (κ1) is 15.6. The van der Waals surface area contributed by atoms with Gasteiger partial charge in [0.25, 0.3) is 0 Å². The van der Waals surface area contributed by atoms with Gasteiger partial charge in [0.15, 0.2) is 0 Å². The summed E-state index contributed by atoms with van der Waals surface area (Å²) in [6.45, 7) is 0.691. The third-order valence-electron chi connectivity index (χ3n) is 3.08. The number of rotatable bonds is 5. The van der Waals surface area contributed by atoms with E-state index in [1.807, 2.05) is 24.3 Å². The van der Waals surface area contributed by atoms with E-state index in [1.165, 1.54) is 10.9 Å². The summed E-state index contributed by atoms with van der Waals surface area (Å²) in [5, 5.41) is 12.1. The molecule has 0 spiro atoms. The summed E-state index contributed by atoms with van der Waals surface area (Å²) >= 11 is 11.6. The van der Waals surface area contributed by atoms with E-state index >= 15 is 0 Å². The number of carbonyl (C=O) groups excluding carboxylic acids is 1. The van der Waals surface area contributed by atoms with Crippen molar-refractivity contribution in [3.63, 3.8) is 0 Å². The van der Waals surface area contributed by atoms with Crippen molar-refractivity contribution in [2.45, 2.75) is 13.1 Å². The van der Waals surface area contributed by atoms with Gasteiger partial charge < -0.3 is 5.32 Å². The number of amides is 1.